The minimum atomic E-state index is -0.594. The second-order valence-electron chi connectivity index (χ2n) is 5.85. The van der Waals surface area contributed by atoms with Crippen LogP contribution in [0.2, 0.25) is 0 Å². The molecule has 0 spiro atoms. The largest absolute Gasteiger partial charge is 0.465 e. The van der Waals surface area contributed by atoms with Crippen molar-refractivity contribution in [1.29, 1.82) is 0 Å². The van der Waals surface area contributed by atoms with Gasteiger partial charge in [-0.3, -0.25) is 4.79 Å². The van der Waals surface area contributed by atoms with Crippen LogP contribution in [0.5, 0.6) is 0 Å². The summed E-state index contributed by atoms with van der Waals surface area (Å²) in [5.74, 6) is -0.148. The second kappa shape index (κ2) is 9.38. The maximum Gasteiger partial charge on any atom is 0.326 e. The van der Waals surface area contributed by atoms with Crippen LogP contribution in [0.3, 0.4) is 0 Å². The molecule has 1 N–H and O–H groups in total. The third-order valence-electron chi connectivity index (χ3n) is 4.09. The summed E-state index contributed by atoms with van der Waals surface area (Å²) in [4.78, 5) is 14.6. The Labute approximate surface area is 129 Å². The molecule has 5 nitrogen and oxygen atoms in total. The Kier molecular flexibility index (Phi) is 8.22. The van der Waals surface area contributed by atoms with Gasteiger partial charge < -0.3 is 19.7 Å². The first kappa shape index (κ1) is 18.4. The number of nitrogens with zero attached hydrogens (tertiary/aromatic N) is 1. The fourth-order valence-corrected chi connectivity index (χ4v) is 2.91. The van der Waals surface area contributed by atoms with Crippen molar-refractivity contribution in [3.63, 3.8) is 0 Å². The molecule has 1 saturated heterocycles. The van der Waals surface area contributed by atoms with E-state index < -0.39 is 5.54 Å². The summed E-state index contributed by atoms with van der Waals surface area (Å²) in [6, 6.07) is 0. The highest BCUT2D eigenvalue weighted by Crippen LogP contribution is 2.17. The molecule has 1 heterocycles. The molecule has 1 fully saturated rings. The molecule has 0 aromatic heterocycles. The van der Waals surface area contributed by atoms with E-state index in [1.165, 1.54) is 6.42 Å². The molecule has 1 aliphatic heterocycles. The lowest BCUT2D eigenvalue weighted by atomic mass is 9.96. The smallest absolute Gasteiger partial charge is 0.326 e. The number of esters is 1. The van der Waals surface area contributed by atoms with E-state index in [1.54, 1.807) is 0 Å². The van der Waals surface area contributed by atoms with Gasteiger partial charge in [0.2, 0.25) is 0 Å². The van der Waals surface area contributed by atoms with Gasteiger partial charge in [0, 0.05) is 19.7 Å². The standard InChI is InChI=1S/C16H32N2O3/c1-5-17-16(4,15(19)21-7-3)10-12-18-11-8-9-14(13-18)20-6-2/h14,17H,5-13H2,1-4H3. The lowest BCUT2D eigenvalue weighted by Gasteiger charge is -2.35. The van der Waals surface area contributed by atoms with Gasteiger partial charge in [0.1, 0.15) is 5.54 Å². The minimum absolute atomic E-state index is 0.148. The van der Waals surface area contributed by atoms with Crippen LogP contribution in [0.15, 0.2) is 0 Å². The molecule has 0 aromatic carbocycles. The zero-order valence-electron chi connectivity index (χ0n) is 14.1. The van der Waals surface area contributed by atoms with E-state index in [1.807, 2.05) is 27.7 Å². The number of hydrogen-bond acceptors (Lipinski definition) is 5. The summed E-state index contributed by atoms with van der Waals surface area (Å²) in [5.41, 5.74) is -0.594. The van der Waals surface area contributed by atoms with Gasteiger partial charge in [0.25, 0.3) is 0 Å². The predicted molar refractivity (Wildman–Crippen MR) is 84.4 cm³/mol. The van der Waals surface area contributed by atoms with Crippen LogP contribution in [0.4, 0.5) is 0 Å². The van der Waals surface area contributed by atoms with Gasteiger partial charge >= 0.3 is 5.97 Å². The number of likely N-dealkylation sites (tertiary alicyclic amines) is 1. The Morgan fingerprint density at radius 3 is 2.71 bits per heavy atom. The first-order valence-corrected chi connectivity index (χ1v) is 8.31. The molecule has 2 unspecified atom stereocenters. The maximum atomic E-state index is 12.2. The fourth-order valence-electron chi connectivity index (χ4n) is 2.91. The molecule has 0 radical (unpaired) electrons. The molecule has 21 heavy (non-hydrogen) atoms. The van der Waals surface area contributed by atoms with Crippen molar-refractivity contribution in [2.45, 2.75) is 58.6 Å². The van der Waals surface area contributed by atoms with Crippen molar-refractivity contribution in [2.24, 2.45) is 0 Å². The lowest BCUT2D eigenvalue weighted by molar-refractivity contribution is -0.151. The number of carbonyl (C=O) groups excluding carboxylic acids is 1. The zero-order chi connectivity index (χ0) is 15.7. The topological polar surface area (TPSA) is 50.8 Å². The molecule has 0 amide bonds. The Morgan fingerprint density at radius 2 is 2.10 bits per heavy atom. The summed E-state index contributed by atoms with van der Waals surface area (Å²) >= 11 is 0. The summed E-state index contributed by atoms with van der Waals surface area (Å²) in [7, 11) is 0. The Morgan fingerprint density at radius 1 is 1.33 bits per heavy atom. The van der Waals surface area contributed by atoms with Crippen LogP contribution in [0.25, 0.3) is 0 Å². The highest BCUT2D eigenvalue weighted by Gasteiger charge is 2.34. The highest BCUT2D eigenvalue weighted by atomic mass is 16.5. The molecule has 1 rings (SSSR count). The summed E-state index contributed by atoms with van der Waals surface area (Å²) in [6.07, 6.45) is 3.42. The van der Waals surface area contributed by atoms with Crippen molar-refractivity contribution in [3.8, 4) is 0 Å². The number of ether oxygens (including phenoxy) is 2. The average Bonchev–Trinajstić information content (AvgIpc) is 2.46. The zero-order valence-corrected chi connectivity index (χ0v) is 14.1. The molecule has 124 valence electrons. The van der Waals surface area contributed by atoms with Gasteiger partial charge in [-0.25, -0.2) is 0 Å². The fraction of sp³-hybridized carbons (Fsp3) is 0.938. The number of carbonyl (C=O) groups is 1. The molecular formula is C16H32N2O3. The van der Waals surface area contributed by atoms with Gasteiger partial charge in [-0.15, -0.1) is 0 Å². The summed E-state index contributed by atoms with van der Waals surface area (Å²) in [6.45, 7) is 12.8. The quantitative estimate of drug-likeness (QED) is 0.658. The minimum Gasteiger partial charge on any atom is -0.465 e. The first-order chi connectivity index (χ1) is 10.1. The molecular weight excluding hydrogens is 268 g/mol. The Balaban J connectivity index is 2.50. The van der Waals surface area contributed by atoms with Crippen molar-refractivity contribution < 1.29 is 14.3 Å². The number of piperidine rings is 1. The van der Waals surface area contributed by atoms with Crippen LogP contribution in [-0.4, -0.2) is 61.9 Å². The number of hydrogen-bond donors (Lipinski definition) is 1. The van der Waals surface area contributed by atoms with Gasteiger partial charge in [0.05, 0.1) is 12.7 Å². The maximum absolute atomic E-state index is 12.2. The van der Waals surface area contributed by atoms with Crippen molar-refractivity contribution in [1.82, 2.24) is 10.2 Å². The van der Waals surface area contributed by atoms with Crippen LogP contribution in [0, 0.1) is 0 Å². The lowest BCUT2D eigenvalue weighted by Crippen LogP contribution is -2.53. The van der Waals surface area contributed by atoms with Crippen LogP contribution in [-0.2, 0) is 14.3 Å². The van der Waals surface area contributed by atoms with Crippen LogP contribution >= 0.6 is 0 Å². The molecule has 5 heteroatoms. The van der Waals surface area contributed by atoms with E-state index in [2.05, 4.69) is 10.2 Å². The van der Waals surface area contributed by atoms with Crippen LogP contribution < -0.4 is 5.32 Å². The first-order valence-electron chi connectivity index (χ1n) is 8.31. The normalized spacial score (nSPS) is 22.8. The predicted octanol–water partition coefficient (Wildman–Crippen LogP) is 1.81. The summed E-state index contributed by atoms with van der Waals surface area (Å²) in [5, 5.41) is 3.29. The van der Waals surface area contributed by atoms with Gasteiger partial charge in [-0.05, 0) is 53.1 Å². The van der Waals surface area contributed by atoms with E-state index in [0.29, 0.717) is 12.7 Å². The SMILES string of the molecule is CCNC(C)(CCN1CCCC(OCC)C1)C(=O)OCC. The molecule has 2 atom stereocenters. The Hall–Kier alpha value is -0.650. The molecule has 1 aliphatic rings. The monoisotopic (exact) mass is 300 g/mol. The van der Waals surface area contributed by atoms with Gasteiger partial charge in [-0.1, -0.05) is 6.92 Å². The Bertz CT molecular complexity index is 310. The van der Waals surface area contributed by atoms with Crippen molar-refractivity contribution in [3.05, 3.63) is 0 Å². The molecule has 0 aliphatic carbocycles. The summed E-state index contributed by atoms with van der Waals surface area (Å²) < 4.78 is 10.9. The van der Waals surface area contributed by atoms with Gasteiger partial charge in [0.15, 0.2) is 0 Å². The number of rotatable bonds is 9. The molecule has 0 saturated carbocycles. The van der Waals surface area contributed by atoms with E-state index in [4.69, 9.17) is 9.47 Å². The highest BCUT2D eigenvalue weighted by molar-refractivity contribution is 5.80. The third kappa shape index (κ3) is 5.93. The van der Waals surface area contributed by atoms with E-state index in [-0.39, 0.29) is 5.97 Å². The average molecular weight is 300 g/mol. The number of likely N-dealkylation sites (N-methyl/N-ethyl adjacent to an activating group) is 1. The van der Waals surface area contributed by atoms with E-state index in [9.17, 15) is 4.79 Å². The second-order valence-corrected chi connectivity index (χ2v) is 5.85. The van der Waals surface area contributed by atoms with E-state index in [0.717, 1.165) is 45.6 Å². The van der Waals surface area contributed by atoms with Gasteiger partial charge in [-0.2, -0.15) is 0 Å². The van der Waals surface area contributed by atoms with Crippen molar-refractivity contribution in [2.75, 3.05) is 39.4 Å². The van der Waals surface area contributed by atoms with E-state index >= 15 is 0 Å². The third-order valence-corrected chi connectivity index (χ3v) is 4.09. The van der Waals surface area contributed by atoms with Crippen LogP contribution in [0.1, 0.15) is 47.0 Å². The molecule has 0 aromatic rings. The van der Waals surface area contributed by atoms with Crippen molar-refractivity contribution >= 4 is 5.97 Å². The molecule has 0 bridgehead atoms. The number of nitrogens with one attached hydrogen (secondary N) is 1.